The molecule has 0 aromatic heterocycles. The smallest absolute Gasteiger partial charge is 0.230 e. The van der Waals surface area contributed by atoms with Crippen LogP contribution in [0.4, 0.5) is 5.69 Å². The number of rotatable bonds is 8. The Hall–Kier alpha value is -0.960. The molecule has 1 aromatic carbocycles. The molecule has 0 heterocycles. The fraction of sp³-hybridized carbons (Fsp3) is 0.667. The number of para-hydroxylation sites is 1. The Morgan fingerprint density at radius 2 is 1.79 bits per heavy atom. The summed E-state index contributed by atoms with van der Waals surface area (Å²) in [6, 6.07) is 8.46. The first-order chi connectivity index (χ1) is 11.7. The highest BCUT2D eigenvalue weighted by atomic mass is 32.2. The maximum Gasteiger partial charge on any atom is 0.230 e. The molecule has 0 saturated heterocycles. The summed E-state index contributed by atoms with van der Waals surface area (Å²) in [5.41, 5.74) is 1.13. The molecule has 0 N–H and O–H groups in total. The predicted molar refractivity (Wildman–Crippen MR) is 106 cm³/mol. The zero-order valence-corrected chi connectivity index (χ0v) is 16.4. The minimum Gasteiger partial charge on any atom is -0.311 e. The Labute approximate surface area is 152 Å². The van der Waals surface area contributed by atoms with Gasteiger partial charge >= 0.3 is 0 Å². The summed E-state index contributed by atoms with van der Waals surface area (Å²) in [6.07, 6.45) is 8.12. The van der Waals surface area contributed by atoms with Crippen molar-refractivity contribution >= 4 is 23.4 Å². The molecule has 3 heteroatoms. The zero-order chi connectivity index (χ0) is 17.4. The highest BCUT2D eigenvalue weighted by Crippen LogP contribution is 2.34. The van der Waals surface area contributed by atoms with Crippen LogP contribution in [0.15, 0.2) is 29.2 Å². The van der Waals surface area contributed by atoms with Gasteiger partial charge < -0.3 is 4.90 Å². The van der Waals surface area contributed by atoms with Crippen LogP contribution in [-0.4, -0.2) is 18.2 Å². The van der Waals surface area contributed by atoms with E-state index >= 15 is 0 Å². The number of anilines is 1. The van der Waals surface area contributed by atoms with Crippen LogP contribution in [0.3, 0.4) is 0 Å². The minimum absolute atomic E-state index is 0.229. The molecule has 0 aliphatic heterocycles. The third-order valence-electron chi connectivity index (χ3n) is 5.27. The minimum atomic E-state index is 0.229. The standard InChI is InChI=1S/C21H33NOS/c1-4-17(5-2)16-22(21(23)18-12-8-7-9-13-18)19-14-10-11-15-20(19)24-6-3/h10-11,14-15,17-18H,4-9,12-13,16H2,1-3H3. The number of thioether (sulfide) groups is 1. The Bertz CT molecular complexity index is 506. The Kier molecular flexibility index (Phi) is 8.17. The van der Waals surface area contributed by atoms with E-state index in [4.69, 9.17) is 0 Å². The van der Waals surface area contributed by atoms with Crippen molar-refractivity contribution in [1.82, 2.24) is 0 Å². The highest BCUT2D eigenvalue weighted by Gasteiger charge is 2.29. The topological polar surface area (TPSA) is 20.3 Å². The maximum atomic E-state index is 13.3. The summed E-state index contributed by atoms with van der Waals surface area (Å²) in [7, 11) is 0. The fourth-order valence-corrected chi connectivity index (χ4v) is 4.45. The predicted octanol–water partition coefficient (Wildman–Crippen LogP) is 6.15. The van der Waals surface area contributed by atoms with Gasteiger partial charge in [0, 0.05) is 17.4 Å². The quantitative estimate of drug-likeness (QED) is 0.526. The summed E-state index contributed by atoms with van der Waals surface area (Å²) < 4.78 is 0. The molecule has 134 valence electrons. The molecular weight excluding hydrogens is 314 g/mol. The number of hydrogen-bond acceptors (Lipinski definition) is 2. The average molecular weight is 348 g/mol. The van der Waals surface area contributed by atoms with Crippen molar-refractivity contribution in [2.75, 3.05) is 17.2 Å². The van der Waals surface area contributed by atoms with Crippen molar-refractivity contribution in [2.24, 2.45) is 11.8 Å². The van der Waals surface area contributed by atoms with Gasteiger partial charge in [0.1, 0.15) is 0 Å². The van der Waals surface area contributed by atoms with Crippen molar-refractivity contribution in [2.45, 2.75) is 70.6 Å². The van der Waals surface area contributed by atoms with Gasteiger partial charge in [0.25, 0.3) is 0 Å². The first-order valence-electron chi connectivity index (χ1n) is 9.74. The van der Waals surface area contributed by atoms with Crippen molar-refractivity contribution in [3.05, 3.63) is 24.3 Å². The Balaban J connectivity index is 2.29. The van der Waals surface area contributed by atoms with Crippen molar-refractivity contribution < 1.29 is 4.79 Å². The molecular formula is C21H33NOS. The molecule has 1 aliphatic carbocycles. The summed E-state index contributed by atoms with van der Waals surface area (Å²) in [4.78, 5) is 16.7. The lowest BCUT2D eigenvalue weighted by Crippen LogP contribution is -2.40. The Morgan fingerprint density at radius 1 is 1.12 bits per heavy atom. The lowest BCUT2D eigenvalue weighted by atomic mass is 9.87. The first kappa shape index (κ1) is 19.4. The number of hydrogen-bond donors (Lipinski definition) is 0. The van der Waals surface area contributed by atoms with Gasteiger partial charge in [-0.3, -0.25) is 4.79 Å². The van der Waals surface area contributed by atoms with Gasteiger partial charge in [-0.15, -0.1) is 11.8 Å². The summed E-state index contributed by atoms with van der Waals surface area (Å²) in [5.74, 6) is 2.21. The molecule has 2 nitrogen and oxygen atoms in total. The number of amides is 1. The largest absolute Gasteiger partial charge is 0.311 e. The van der Waals surface area contributed by atoms with Crippen LogP contribution in [0.5, 0.6) is 0 Å². The molecule has 0 bridgehead atoms. The molecule has 1 saturated carbocycles. The van der Waals surface area contributed by atoms with Crippen LogP contribution < -0.4 is 4.90 Å². The second kappa shape index (κ2) is 10.1. The van der Waals surface area contributed by atoms with Crippen LogP contribution in [0.25, 0.3) is 0 Å². The van der Waals surface area contributed by atoms with Gasteiger partial charge in [-0.05, 0) is 36.6 Å². The highest BCUT2D eigenvalue weighted by molar-refractivity contribution is 7.99. The lowest BCUT2D eigenvalue weighted by molar-refractivity contribution is -0.123. The van der Waals surface area contributed by atoms with E-state index in [0.29, 0.717) is 11.8 Å². The molecule has 24 heavy (non-hydrogen) atoms. The van der Waals surface area contributed by atoms with E-state index in [9.17, 15) is 4.79 Å². The summed E-state index contributed by atoms with van der Waals surface area (Å²) in [6.45, 7) is 7.52. The van der Waals surface area contributed by atoms with Crippen LogP contribution in [0, 0.1) is 11.8 Å². The third-order valence-corrected chi connectivity index (χ3v) is 6.22. The van der Waals surface area contributed by atoms with Gasteiger partial charge in [-0.2, -0.15) is 0 Å². The van der Waals surface area contributed by atoms with Crippen LogP contribution in [0.1, 0.15) is 65.7 Å². The number of carbonyl (C=O) groups excluding carboxylic acids is 1. The first-order valence-corrected chi connectivity index (χ1v) is 10.7. The average Bonchev–Trinajstić information content (AvgIpc) is 2.64. The second-order valence-electron chi connectivity index (χ2n) is 6.87. The van der Waals surface area contributed by atoms with E-state index < -0.39 is 0 Å². The molecule has 0 spiro atoms. The zero-order valence-electron chi connectivity index (χ0n) is 15.6. The molecule has 1 amide bonds. The molecule has 1 aliphatic rings. The third kappa shape index (κ3) is 5.02. The molecule has 1 fully saturated rings. The molecule has 0 atom stereocenters. The van der Waals surface area contributed by atoms with Crippen molar-refractivity contribution in [3.63, 3.8) is 0 Å². The molecule has 0 unspecified atom stereocenters. The number of benzene rings is 1. The maximum absolute atomic E-state index is 13.3. The van der Waals surface area contributed by atoms with E-state index in [-0.39, 0.29) is 5.92 Å². The number of nitrogens with zero attached hydrogens (tertiary/aromatic N) is 1. The summed E-state index contributed by atoms with van der Waals surface area (Å²) in [5, 5.41) is 0. The van der Waals surface area contributed by atoms with E-state index in [1.165, 1.54) is 24.2 Å². The normalized spacial score (nSPS) is 15.7. The fourth-order valence-electron chi connectivity index (χ4n) is 3.64. The Morgan fingerprint density at radius 3 is 2.42 bits per heavy atom. The molecule has 1 aromatic rings. The monoisotopic (exact) mass is 347 g/mol. The van der Waals surface area contributed by atoms with Gasteiger partial charge in [0.15, 0.2) is 0 Å². The molecule has 0 radical (unpaired) electrons. The van der Waals surface area contributed by atoms with Crippen LogP contribution >= 0.6 is 11.8 Å². The molecule has 2 rings (SSSR count). The SMILES string of the molecule is CCSc1ccccc1N(CC(CC)CC)C(=O)C1CCCCC1. The lowest BCUT2D eigenvalue weighted by Gasteiger charge is -2.33. The van der Waals surface area contributed by atoms with Gasteiger partial charge in [-0.25, -0.2) is 0 Å². The van der Waals surface area contributed by atoms with Crippen LogP contribution in [0.2, 0.25) is 0 Å². The van der Waals surface area contributed by atoms with E-state index in [0.717, 1.165) is 43.7 Å². The van der Waals surface area contributed by atoms with Crippen LogP contribution in [-0.2, 0) is 4.79 Å². The van der Waals surface area contributed by atoms with E-state index in [1.807, 2.05) is 11.8 Å². The summed E-state index contributed by atoms with van der Waals surface area (Å²) >= 11 is 1.84. The van der Waals surface area contributed by atoms with Gasteiger partial charge in [-0.1, -0.05) is 65.0 Å². The van der Waals surface area contributed by atoms with Crippen molar-refractivity contribution in [3.8, 4) is 0 Å². The van der Waals surface area contributed by atoms with Gasteiger partial charge in [0.2, 0.25) is 5.91 Å². The van der Waals surface area contributed by atoms with Gasteiger partial charge in [0.05, 0.1) is 5.69 Å². The van der Waals surface area contributed by atoms with E-state index in [1.54, 1.807) is 0 Å². The second-order valence-corrected chi connectivity index (χ2v) is 8.17. The van der Waals surface area contributed by atoms with Crippen molar-refractivity contribution in [1.29, 1.82) is 0 Å². The number of carbonyl (C=O) groups is 1. The van der Waals surface area contributed by atoms with E-state index in [2.05, 4.69) is 49.9 Å².